The van der Waals surface area contributed by atoms with Crippen LogP contribution in [0, 0.1) is 0 Å². The number of benzene rings is 2. The van der Waals surface area contributed by atoms with Gasteiger partial charge in [-0.05, 0) is 18.4 Å². The number of amides is 1. The number of hydrogen-bond acceptors (Lipinski definition) is 6. The van der Waals surface area contributed by atoms with Crippen LogP contribution in [0.5, 0.6) is 0 Å². The van der Waals surface area contributed by atoms with Crippen LogP contribution in [0.4, 0.5) is 0 Å². The third-order valence-corrected chi connectivity index (χ3v) is 6.43. The topological polar surface area (TPSA) is 59.0 Å². The zero-order valence-electron chi connectivity index (χ0n) is 17.1. The fraction of sp³-hybridized carbons (Fsp3) is 0.167. The zero-order chi connectivity index (χ0) is 21.5. The molecule has 4 rings (SSSR count). The summed E-state index contributed by atoms with van der Waals surface area (Å²) >= 11 is 2.99. The van der Waals surface area contributed by atoms with Crippen LogP contribution >= 0.6 is 23.1 Å². The van der Waals surface area contributed by atoms with Gasteiger partial charge in [-0.3, -0.25) is 4.79 Å². The summed E-state index contributed by atoms with van der Waals surface area (Å²) in [5.41, 5.74) is 3.43. The first-order valence-corrected chi connectivity index (χ1v) is 11.9. The summed E-state index contributed by atoms with van der Waals surface area (Å²) in [5.74, 6) is 0.345. The smallest absolute Gasteiger partial charge is 0.233 e. The van der Waals surface area contributed by atoms with Crippen molar-refractivity contribution in [3.05, 3.63) is 83.1 Å². The van der Waals surface area contributed by atoms with Crippen molar-refractivity contribution in [3.8, 4) is 22.5 Å². The van der Waals surface area contributed by atoms with E-state index < -0.39 is 0 Å². The minimum Gasteiger partial charge on any atom is -0.337 e. The quantitative estimate of drug-likeness (QED) is 0.339. The molecule has 4 aromatic rings. The van der Waals surface area contributed by atoms with E-state index in [0.717, 1.165) is 22.5 Å². The molecule has 0 fully saturated rings. The SMILES string of the molecule is CCN(Cc1cccs1)C(=O)CSc1nnc(-c2ccccc2)c(-c2ccccc2)n1. The molecular weight excluding hydrogens is 424 g/mol. The predicted octanol–water partition coefficient (Wildman–Crippen LogP) is 5.41. The Morgan fingerprint density at radius 1 is 0.903 bits per heavy atom. The van der Waals surface area contributed by atoms with Crippen LogP contribution in [0.15, 0.2) is 83.3 Å². The largest absolute Gasteiger partial charge is 0.337 e. The van der Waals surface area contributed by atoms with E-state index in [1.54, 1.807) is 11.3 Å². The molecule has 0 radical (unpaired) electrons. The molecule has 0 N–H and O–H groups in total. The van der Waals surface area contributed by atoms with E-state index in [2.05, 4.69) is 16.3 Å². The van der Waals surface area contributed by atoms with Crippen LogP contribution in [0.2, 0.25) is 0 Å². The van der Waals surface area contributed by atoms with Crippen molar-refractivity contribution in [1.82, 2.24) is 20.1 Å². The summed E-state index contributed by atoms with van der Waals surface area (Å²) in [6, 6.07) is 23.9. The summed E-state index contributed by atoms with van der Waals surface area (Å²) in [6.45, 7) is 3.30. The van der Waals surface area contributed by atoms with Gasteiger partial charge < -0.3 is 4.90 Å². The van der Waals surface area contributed by atoms with Gasteiger partial charge in [0.05, 0.1) is 12.3 Å². The minimum atomic E-state index is 0.0675. The Labute approximate surface area is 190 Å². The standard InChI is InChI=1S/C24H22N4OS2/c1-2-28(16-20-14-9-15-30-20)21(29)17-31-24-25-22(18-10-5-3-6-11-18)23(26-27-24)19-12-7-4-8-13-19/h3-15H,2,16-17H2,1H3. The molecule has 0 aliphatic rings. The molecule has 0 aliphatic heterocycles. The van der Waals surface area contributed by atoms with Crippen LogP contribution in [0.1, 0.15) is 11.8 Å². The molecule has 2 heterocycles. The molecule has 5 nitrogen and oxygen atoms in total. The second-order valence-electron chi connectivity index (χ2n) is 6.80. The lowest BCUT2D eigenvalue weighted by molar-refractivity contribution is -0.128. The van der Waals surface area contributed by atoms with E-state index in [9.17, 15) is 4.79 Å². The fourth-order valence-electron chi connectivity index (χ4n) is 3.14. The van der Waals surface area contributed by atoms with Gasteiger partial charge in [0.25, 0.3) is 0 Å². The predicted molar refractivity (Wildman–Crippen MR) is 127 cm³/mol. The Morgan fingerprint density at radius 2 is 1.58 bits per heavy atom. The Kier molecular flexibility index (Phi) is 7.07. The summed E-state index contributed by atoms with van der Waals surface area (Å²) in [7, 11) is 0. The summed E-state index contributed by atoms with van der Waals surface area (Å²) < 4.78 is 0. The third kappa shape index (κ3) is 5.37. The average Bonchev–Trinajstić information content (AvgIpc) is 3.35. The lowest BCUT2D eigenvalue weighted by Crippen LogP contribution is -2.31. The second kappa shape index (κ2) is 10.3. The van der Waals surface area contributed by atoms with Gasteiger partial charge in [-0.2, -0.15) is 0 Å². The van der Waals surface area contributed by atoms with Crippen molar-refractivity contribution < 1.29 is 4.79 Å². The second-order valence-corrected chi connectivity index (χ2v) is 8.77. The van der Waals surface area contributed by atoms with Gasteiger partial charge >= 0.3 is 0 Å². The van der Waals surface area contributed by atoms with Crippen molar-refractivity contribution >= 4 is 29.0 Å². The number of hydrogen-bond donors (Lipinski definition) is 0. The summed E-state index contributed by atoms with van der Waals surface area (Å²) in [6.07, 6.45) is 0. The molecule has 1 amide bonds. The summed E-state index contributed by atoms with van der Waals surface area (Å²) in [4.78, 5) is 20.6. The van der Waals surface area contributed by atoms with Gasteiger partial charge in [0.15, 0.2) is 0 Å². The first kappa shape index (κ1) is 21.2. The Bertz CT molecular complexity index is 1120. The zero-order valence-corrected chi connectivity index (χ0v) is 18.8. The first-order chi connectivity index (χ1) is 15.2. The van der Waals surface area contributed by atoms with E-state index in [4.69, 9.17) is 4.98 Å². The number of nitrogens with zero attached hydrogens (tertiary/aromatic N) is 4. The highest BCUT2D eigenvalue weighted by Crippen LogP contribution is 2.29. The molecule has 31 heavy (non-hydrogen) atoms. The third-order valence-electron chi connectivity index (χ3n) is 4.75. The molecule has 0 aliphatic carbocycles. The maximum absolute atomic E-state index is 12.8. The van der Waals surface area contributed by atoms with Crippen LogP contribution in [0.3, 0.4) is 0 Å². The van der Waals surface area contributed by atoms with Crippen molar-refractivity contribution in [3.63, 3.8) is 0 Å². The average molecular weight is 447 g/mol. The van der Waals surface area contributed by atoms with Gasteiger partial charge in [0.1, 0.15) is 11.4 Å². The van der Waals surface area contributed by atoms with Gasteiger partial charge in [-0.1, -0.05) is 78.5 Å². The molecule has 0 bridgehead atoms. The molecule has 7 heteroatoms. The van der Waals surface area contributed by atoms with E-state index >= 15 is 0 Å². The Balaban J connectivity index is 1.54. The van der Waals surface area contributed by atoms with E-state index in [0.29, 0.717) is 18.2 Å². The normalized spacial score (nSPS) is 10.7. The Morgan fingerprint density at radius 3 is 2.19 bits per heavy atom. The number of aromatic nitrogens is 3. The number of thioether (sulfide) groups is 1. The lowest BCUT2D eigenvalue weighted by atomic mass is 10.0. The first-order valence-electron chi connectivity index (χ1n) is 10.0. The maximum Gasteiger partial charge on any atom is 0.233 e. The van der Waals surface area contributed by atoms with Crippen LogP contribution in [0.25, 0.3) is 22.5 Å². The van der Waals surface area contributed by atoms with Crippen molar-refractivity contribution in [2.45, 2.75) is 18.6 Å². The van der Waals surface area contributed by atoms with Gasteiger partial charge in [0.2, 0.25) is 11.1 Å². The highest BCUT2D eigenvalue weighted by molar-refractivity contribution is 7.99. The summed E-state index contributed by atoms with van der Waals surface area (Å²) in [5, 5.41) is 11.3. The monoisotopic (exact) mass is 446 g/mol. The number of thiophene rings is 1. The van der Waals surface area contributed by atoms with E-state index in [-0.39, 0.29) is 11.7 Å². The van der Waals surface area contributed by atoms with Crippen LogP contribution in [-0.4, -0.2) is 38.3 Å². The van der Waals surface area contributed by atoms with E-state index in [1.807, 2.05) is 83.9 Å². The molecule has 0 saturated heterocycles. The maximum atomic E-state index is 12.8. The molecule has 0 unspecified atom stereocenters. The van der Waals surface area contributed by atoms with E-state index in [1.165, 1.54) is 16.6 Å². The van der Waals surface area contributed by atoms with Crippen molar-refractivity contribution in [1.29, 1.82) is 0 Å². The van der Waals surface area contributed by atoms with Crippen molar-refractivity contribution in [2.24, 2.45) is 0 Å². The minimum absolute atomic E-state index is 0.0675. The van der Waals surface area contributed by atoms with Crippen LogP contribution in [-0.2, 0) is 11.3 Å². The molecule has 0 spiro atoms. The highest BCUT2D eigenvalue weighted by Gasteiger charge is 2.17. The number of rotatable bonds is 8. The highest BCUT2D eigenvalue weighted by atomic mass is 32.2. The molecule has 2 aromatic carbocycles. The van der Waals surface area contributed by atoms with Crippen molar-refractivity contribution in [2.75, 3.05) is 12.3 Å². The van der Waals surface area contributed by atoms with Gasteiger partial charge in [-0.25, -0.2) is 4.98 Å². The Hall–Kier alpha value is -3.03. The van der Waals surface area contributed by atoms with Gasteiger partial charge in [-0.15, -0.1) is 21.5 Å². The number of carbonyl (C=O) groups is 1. The molecule has 0 atom stereocenters. The van der Waals surface area contributed by atoms with Crippen LogP contribution < -0.4 is 0 Å². The molecule has 2 aromatic heterocycles. The molecule has 156 valence electrons. The number of carbonyl (C=O) groups excluding carboxylic acids is 1. The molecular formula is C24H22N4OS2. The fourth-order valence-corrected chi connectivity index (χ4v) is 4.55. The molecule has 0 saturated carbocycles. The lowest BCUT2D eigenvalue weighted by Gasteiger charge is -2.19. The van der Waals surface area contributed by atoms with Gasteiger partial charge in [0, 0.05) is 22.5 Å².